The van der Waals surface area contributed by atoms with Gasteiger partial charge in [0.1, 0.15) is 5.82 Å². The minimum absolute atomic E-state index is 0.196. The lowest BCUT2D eigenvalue weighted by Gasteiger charge is -2.09. The van der Waals surface area contributed by atoms with Crippen molar-refractivity contribution in [3.63, 3.8) is 0 Å². The lowest BCUT2D eigenvalue weighted by Crippen LogP contribution is -2.14. The Kier molecular flexibility index (Phi) is 5.04. The van der Waals surface area contributed by atoms with Crippen molar-refractivity contribution in [1.82, 2.24) is 10.2 Å². The van der Waals surface area contributed by atoms with E-state index in [1.54, 1.807) is 18.2 Å². The fourth-order valence-electron chi connectivity index (χ4n) is 2.46. The second-order valence-corrected chi connectivity index (χ2v) is 5.91. The zero-order valence-electron chi connectivity index (χ0n) is 14.3. The summed E-state index contributed by atoms with van der Waals surface area (Å²) in [7, 11) is 0. The van der Waals surface area contributed by atoms with Crippen molar-refractivity contribution in [2.45, 2.75) is 20.4 Å². The highest BCUT2D eigenvalue weighted by molar-refractivity contribution is 6.03. The molecule has 0 aliphatic rings. The quantitative estimate of drug-likeness (QED) is 0.742. The van der Waals surface area contributed by atoms with E-state index in [1.165, 1.54) is 11.1 Å². The molecule has 0 spiro atoms. The Labute approximate surface area is 147 Å². The van der Waals surface area contributed by atoms with Crippen LogP contribution in [0.25, 0.3) is 0 Å². The van der Waals surface area contributed by atoms with Crippen molar-refractivity contribution >= 4 is 17.5 Å². The molecule has 0 fully saturated rings. The van der Waals surface area contributed by atoms with Crippen molar-refractivity contribution in [2.75, 3.05) is 10.6 Å². The average molecular weight is 332 g/mol. The van der Waals surface area contributed by atoms with E-state index in [9.17, 15) is 4.79 Å². The Morgan fingerprint density at radius 3 is 2.40 bits per heavy atom. The molecule has 1 amide bonds. The fourth-order valence-corrected chi connectivity index (χ4v) is 2.46. The Bertz CT molecular complexity index is 875. The number of rotatable bonds is 5. The number of anilines is 2. The number of carbonyl (C=O) groups excluding carboxylic acids is 1. The molecule has 0 atom stereocenters. The van der Waals surface area contributed by atoms with Gasteiger partial charge in [0.05, 0.1) is 0 Å². The van der Waals surface area contributed by atoms with Gasteiger partial charge in [-0.05, 0) is 49.2 Å². The maximum absolute atomic E-state index is 12.2. The molecule has 0 saturated carbocycles. The van der Waals surface area contributed by atoms with Crippen molar-refractivity contribution in [3.8, 4) is 0 Å². The van der Waals surface area contributed by atoms with Crippen LogP contribution in [0.4, 0.5) is 11.6 Å². The summed E-state index contributed by atoms with van der Waals surface area (Å²) >= 11 is 0. The predicted octanol–water partition coefficient (Wildman–Crippen LogP) is 3.96. The molecule has 0 radical (unpaired) electrons. The summed E-state index contributed by atoms with van der Waals surface area (Å²) in [6.07, 6.45) is 0. The number of carbonyl (C=O) groups is 1. The van der Waals surface area contributed by atoms with Crippen LogP contribution in [0.5, 0.6) is 0 Å². The second-order valence-electron chi connectivity index (χ2n) is 5.91. The van der Waals surface area contributed by atoms with Crippen LogP contribution in [0, 0.1) is 13.8 Å². The van der Waals surface area contributed by atoms with Crippen LogP contribution in [-0.4, -0.2) is 16.1 Å². The third-order valence-electron chi connectivity index (χ3n) is 3.91. The standard InChI is InChI=1S/C20H20N4O/c1-14-6-5-9-16(12-14)20(25)22-19-11-10-18(23-24-19)21-13-17-8-4-3-7-15(17)2/h3-12H,13H2,1-2H3,(H,21,23)(H,22,24,25). The maximum Gasteiger partial charge on any atom is 0.256 e. The average Bonchev–Trinajstić information content (AvgIpc) is 2.62. The molecule has 25 heavy (non-hydrogen) atoms. The van der Waals surface area contributed by atoms with Gasteiger partial charge in [0, 0.05) is 12.1 Å². The third kappa shape index (κ3) is 4.41. The minimum Gasteiger partial charge on any atom is -0.364 e. The van der Waals surface area contributed by atoms with E-state index < -0.39 is 0 Å². The monoisotopic (exact) mass is 332 g/mol. The molecule has 3 aromatic rings. The molecule has 5 heteroatoms. The summed E-state index contributed by atoms with van der Waals surface area (Å²) in [5.74, 6) is 0.892. The Morgan fingerprint density at radius 2 is 1.68 bits per heavy atom. The summed E-state index contributed by atoms with van der Waals surface area (Å²) in [6, 6.07) is 19.1. The highest BCUT2D eigenvalue weighted by Gasteiger charge is 2.07. The zero-order chi connectivity index (χ0) is 17.6. The predicted molar refractivity (Wildman–Crippen MR) is 99.7 cm³/mol. The highest BCUT2D eigenvalue weighted by Crippen LogP contribution is 2.12. The summed E-state index contributed by atoms with van der Waals surface area (Å²) in [6.45, 7) is 4.70. The number of aryl methyl sites for hydroxylation is 2. The molecule has 2 aromatic carbocycles. The summed E-state index contributed by atoms with van der Waals surface area (Å²) < 4.78 is 0. The summed E-state index contributed by atoms with van der Waals surface area (Å²) in [5.41, 5.74) is 4.07. The van der Waals surface area contributed by atoms with Gasteiger partial charge in [0.15, 0.2) is 5.82 Å². The van der Waals surface area contributed by atoms with Crippen LogP contribution in [0.2, 0.25) is 0 Å². The number of amides is 1. The summed E-state index contributed by atoms with van der Waals surface area (Å²) in [5, 5.41) is 14.2. The van der Waals surface area contributed by atoms with Gasteiger partial charge in [0.2, 0.25) is 0 Å². The number of benzene rings is 2. The molecule has 0 aliphatic heterocycles. The first kappa shape index (κ1) is 16.6. The molecular weight excluding hydrogens is 312 g/mol. The van der Waals surface area contributed by atoms with Gasteiger partial charge >= 0.3 is 0 Å². The van der Waals surface area contributed by atoms with E-state index in [4.69, 9.17) is 0 Å². The van der Waals surface area contributed by atoms with E-state index in [-0.39, 0.29) is 5.91 Å². The normalized spacial score (nSPS) is 10.3. The van der Waals surface area contributed by atoms with Gasteiger partial charge in [-0.2, -0.15) is 0 Å². The highest BCUT2D eigenvalue weighted by atomic mass is 16.1. The molecule has 0 aliphatic carbocycles. The molecule has 1 heterocycles. The van der Waals surface area contributed by atoms with Crippen molar-refractivity contribution < 1.29 is 4.79 Å². The minimum atomic E-state index is -0.196. The van der Waals surface area contributed by atoms with E-state index >= 15 is 0 Å². The maximum atomic E-state index is 12.2. The van der Waals surface area contributed by atoms with Crippen LogP contribution in [-0.2, 0) is 6.54 Å². The first-order chi connectivity index (χ1) is 12.1. The Morgan fingerprint density at radius 1 is 0.920 bits per heavy atom. The molecule has 126 valence electrons. The van der Waals surface area contributed by atoms with Crippen molar-refractivity contribution in [1.29, 1.82) is 0 Å². The first-order valence-corrected chi connectivity index (χ1v) is 8.12. The van der Waals surface area contributed by atoms with Crippen molar-refractivity contribution in [2.24, 2.45) is 0 Å². The lowest BCUT2D eigenvalue weighted by atomic mass is 10.1. The van der Waals surface area contributed by atoms with Crippen LogP contribution < -0.4 is 10.6 Å². The Hall–Kier alpha value is -3.21. The van der Waals surface area contributed by atoms with Gasteiger partial charge in [-0.25, -0.2) is 0 Å². The zero-order valence-corrected chi connectivity index (χ0v) is 14.3. The van der Waals surface area contributed by atoms with Crippen LogP contribution in [0.1, 0.15) is 27.0 Å². The van der Waals surface area contributed by atoms with Gasteiger partial charge in [-0.3, -0.25) is 4.79 Å². The number of aromatic nitrogens is 2. The number of nitrogens with zero attached hydrogens (tertiary/aromatic N) is 2. The second kappa shape index (κ2) is 7.57. The van der Waals surface area contributed by atoms with Crippen molar-refractivity contribution in [3.05, 3.63) is 82.9 Å². The SMILES string of the molecule is Cc1cccc(C(=O)Nc2ccc(NCc3ccccc3C)nn2)c1. The number of nitrogens with one attached hydrogen (secondary N) is 2. The van der Waals surface area contributed by atoms with E-state index in [1.807, 2.05) is 37.3 Å². The van der Waals surface area contributed by atoms with E-state index in [0.717, 1.165) is 5.56 Å². The summed E-state index contributed by atoms with van der Waals surface area (Å²) in [4.78, 5) is 12.2. The molecule has 1 aromatic heterocycles. The van der Waals surface area contributed by atoms with Crippen LogP contribution >= 0.6 is 0 Å². The van der Waals surface area contributed by atoms with Crippen LogP contribution in [0.15, 0.2) is 60.7 Å². The molecule has 3 rings (SSSR count). The van der Waals surface area contributed by atoms with Gasteiger partial charge in [-0.15, -0.1) is 10.2 Å². The van der Waals surface area contributed by atoms with Gasteiger partial charge in [0.25, 0.3) is 5.91 Å². The van der Waals surface area contributed by atoms with Crippen LogP contribution in [0.3, 0.4) is 0 Å². The molecule has 0 bridgehead atoms. The third-order valence-corrected chi connectivity index (χ3v) is 3.91. The molecule has 0 unspecified atom stereocenters. The number of hydrogen-bond donors (Lipinski definition) is 2. The van der Waals surface area contributed by atoms with E-state index in [0.29, 0.717) is 23.7 Å². The Balaban J connectivity index is 1.60. The lowest BCUT2D eigenvalue weighted by molar-refractivity contribution is 0.102. The van der Waals surface area contributed by atoms with Gasteiger partial charge < -0.3 is 10.6 Å². The molecule has 2 N–H and O–H groups in total. The largest absolute Gasteiger partial charge is 0.364 e. The van der Waals surface area contributed by atoms with E-state index in [2.05, 4.69) is 39.9 Å². The number of hydrogen-bond acceptors (Lipinski definition) is 4. The molecular formula is C20H20N4O. The molecule has 5 nitrogen and oxygen atoms in total. The van der Waals surface area contributed by atoms with Gasteiger partial charge in [-0.1, -0.05) is 42.0 Å². The molecule has 0 saturated heterocycles. The smallest absolute Gasteiger partial charge is 0.256 e. The fraction of sp³-hybridized carbons (Fsp3) is 0.150. The topological polar surface area (TPSA) is 66.9 Å². The first-order valence-electron chi connectivity index (χ1n) is 8.12.